The molecule has 7 heteroatoms. The molecule has 2 aromatic carbocycles. The third-order valence-electron chi connectivity index (χ3n) is 3.78. The van der Waals surface area contributed by atoms with E-state index in [1.807, 2.05) is 0 Å². The molecular formula is C20H21FN2O4. The maximum atomic E-state index is 13.5. The molecular weight excluding hydrogens is 351 g/mol. The molecule has 0 saturated carbocycles. The number of ether oxygens (including phenoxy) is 2. The Hall–Kier alpha value is -3.09. The number of nitrogens with one attached hydrogen (secondary N) is 1. The first-order valence-electron chi connectivity index (χ1n) is 8.53. The number of nitrogens with zero attached hydrogens (tertiary/aromatic N) is 1. The number of hydrogen-bond acceptors (Lipinski definition) is 4. The van der Waals surface area contributed by atoms with E-state index in [0.29, 0.717) is 22.7 Å². The van der Waals surface area contributed by atoms with E-state index in [1.54, 1.807) is 51.1 Å². The van der Waals surface area contributed by atoms with Crippen LogP contribution in [0.1, 0.15) is 26.3 Å². The summed E-state index contributed by atoms with van der Waals surface area (Å²) in [7, 11) is 0. The lowest BCUT2D eigenvalue weighted by atomic mass is 10.1. The van der Waals surface area contributed by atoms with Crippen molar-refractivity contribution in [3.8, 4) is 5.75 Å². The Bertz CT molecular complexity index is 877. The Morgan fingerprint density at radius 3 is 2.74 bits per heavy atom. The lowest BCUT2D eigenvalue weighted by Crippen LogP contribution is -2.38. The van der Waals surface area contributed by atoms with Gasteiger partial charge in [0.1, 0.15) is 17.2 Å². The van der Waals surface area contributed by atoms with Gasteiger partial charge in [-0.3, -0.25) is 10.1 Å². The monoisotopic (exact) mass is 372 g/mol. The fourth-order valence-corrected chi connectivity index (χ4v) is 2.69. The lowest BCUT2D eigenvalue weighted by Gasteiger charge is -2.30. The Morgan fingerprint density at radius 1 is 1.26 bits per heavy atom. The fraction of sp³-hybridized carbons (Fsp3) is 0.300. The molecule has 0 unspecified atom stereocenters. The predicted molar refractivity (Wildman–Crippen MR) is 99.4 cm³/mol. The summed E-state index contributed by atoms with van der Waals surface area (Å²) in [5.74, 6) is -0.101. The quantitative estimate of drug-likeness (QED) is 0.881. The highest BCUT2D eigenvalue weighted by Crippen LogP contribution is 2.35. The van der Waals surface area contributed by atoms with Gasteiger partial charge in [-0.15, -0.1) is 0 Å². The van der Waals surface area contributed by atoms with Crippen molar-refractivity contribution in [2.45, 2.75) is 32.9 Å². The Kier molecular flexibility index (Phi) is 5.03. The highest BCUT2D eigenvalue weighted by atomic mass is 19.1. The van der Waals surface area contributed by atoms with Crippen LogP contribution in [-0.2, 0) is 16.1 Å². The number of carbonyl (C=O) groups is 2. The van der Waals surface area contributed by atoms with E-state index in [2.05, 4.69) is 5.32 Å². The van der Waals surface area contributed by atoms with Gasteiger partial charge in [0, 0.05) is 5.69 Å². The van der Waals surface area contributed by atoms with Crippen LogP contribution in [0.4, 0.5) is 20.6 Å². The maximum absolute atomic E-state index is 13.5. The number of amides is 2. The van der Waals surface area contributed by atoms with Gasteiger partial charge in [0.25, 0.3) is 5.91 Å². The summed E-state index contributed by atoms with van der Waals surface area (Å²) in [5, 5.41) is 2.64. The van der Waals surface area contributed by atoms with Gasteiger partial charge in [0.05, 0.1) is 12.2 Å². The second-order valence-corrected chi connectivity index (χ2v) is 7.21. The first-order valence-corrected chi connectivity index (χ1v) is 8.53. The van der Waals surface area contributed by atoms with Crippen LogP contribution in [0.2, 0.25) is 0 Å². The molecule has 0 saturated heterocycles. The van der Waals surface area contributed by atoms with Crippen molar-refractivity contribution in [2.75, 3.05) is 16.8 Å². The van der Waals surface area contributed by atoms with Crippen LogP contribution in [0.3, 0.4) is 0 Å². The van der Waals surface area contributed by atoms with Crippen molar-refractivity contribution >= 4 is 23.4 Å². The number of benzene rings is 2. The lowest BCUT2D eigenvalue weighted by molar-refractivity contribution is -0.121. The molecule has 0 fully saturated rings. The van der Waals surface area contributed by atoms with E-state index in [9.17, 15) is 14.0 Å². The summed E-state index contributed by atoms with van der Waals surface area (Å²) in [4.78, 5) is 25.9. The number of carbonyl (C=O) groups excluding carboxylic acids is 2. The van der Waals surface area contributed by atoms with Crippen molar-refractivity contribution in [1.82, 2.24) is 0 Å². The number of halogens is 1. The highest BCUT2D eigenvalue weighted by Gasteiger charge is 2.26. The maximum Gasteiger partial charge on any atom is 0.412 e. The molecule has 6 nitrogen and oxygen atoms in total. The molecule has 0 atom stereocenters. The predicted octanol–water partition coefficient (Wildman–Crippen LogP) is 4.10. The highest BCUT2D eigenvalue weighted by molar-refractivity contribution is 5.99. The molecule has 1 heterocycles. The molecule has 2 amide bonds. The zero-order valence-corrected chi connectivity index (χ0v) is 15.4. The smallest absolute Gasteiger partial charge is 0.412 e. The third-order valence-corrected chi connectivity index (χ3v) is 3.78. The Balaban J connectivity index is 1.84. The molecule has 3 rings (SSSR count). The Labute approximate surface area is 156 Å². The topological polar surface area (TPSA) is 67.9 Å². The summed E-state index contributed by atoms with van der Waals surface area (Å²) in [6.07, 6.45) is -0.595. The summed E-state index contributed by atoms with van der Waals surface area (Å²) >= 11 is 0. The van der Waals surface area contributed by atoms with Crippen molar-refractivity contribution in [3.63, 3.8) is 0 Å². The molecule has 0 aromatic heterocycles. The van der Waals surface area contributed by atoms with Crippen molar-refractivity contribution in [3.05, 3.63) is 53.8 Å². The average Bonchev–Trinajstić information content (AvgIpc) is 2.56. The van der Waals surface area contributed by atoms with E-state index in [4.69, 9.17) is 9.47 Å². The standard InChI is InChI=1S/C20H21FN2O4/c1-20(2,3)27-19(25)22-15-7-8-17-16(10-15)23(18(24)12-26-17)11-13-5-4-6-14(21)9-13/h4-10H,11-12H2,1-3H3,(H,22,25). The van der Waals surface area contributed by atoms with Crippen LogP contribution in [0.25, 0.3) is 0 Å². The van der Waals surface area contributed by atoms with Gasteiger partial charge in [0.2, 0.25) is 0 Å². The summed E-state index contributed by atoms with van der Waals surface area (Å²) in [6, 6.07) is 11.0. The van der Waals surface area contributed by atoms with E-state index in [1.165, 1.54) is 17.0 Å². The van der Waals surface area contributed by atoms with Crippen LogP contribution in [-0.4, -0.2) is 24.2 Å². The van der Waals surface area contributed by atoms with E-state index in [-0.39, 0.29) is 24.9 Å². The second-order valence-electron chi connectivity index (χ2n) is 7.21. The molecule has 0 aliphatic carbocycles. The van der Waals surface area contributed by atoms with Gasteiger partial charge in [0.15, 0.2) is 6.61 Å². The zero-order chi connectivity index (χ0) is 19.6. The molecule has 142 valence electrons. The molecule has 1 aliphatic heterocycles. The number of fused-ring (bicyclic) bond motifs is 1. The molecule has 27 heavy (non-hydrogen) atoms. The third kappa shape index (κ3) is 4.75. The van der Waals surface area contributed by atoms with Crippen LogP contribution in [0.5, 0.6) is 5.75 Å². The van der Waals surface area contributed by atoms with Crippen molar-refractivity contribution < 1.29 is 23.5 Å². The van der Waals surface area contributed by atoms with Gasteiger partial charge in [-0.1, -0.05) is 12.1 Å². The van der Waals surface area contributed by atoms with Gasteiger partial charge < -0.3 is 14.4 Å². The number of rotatable bonds is 3. The normalized spacial score (nSPS) is 13.6. The largest absolute Gasteiger partial charge is 0.482 e. The minimum absolute atomic E-state index is 0.0961. The minimum Gasteiger partial charge on any atom is -0.482 e. The second kappa shape index (κ2) is 7.26. The zero-order valence-electron chi connectivity index (χ0n) is 15.4. The van der Waals surface area contributed by atoms with E-state index in [0.717, 1.165) is 0 Å². The molecule has 0 bridgehead atoms. The van der Waals surface area contributed by atoms with Crippen LogP contribution in [0.15, 0.2) is 42.5 Å². The summed E-state index contributed by atoms with van der Waals surface area (Å²) < 4.78 is 24.2. The van der Waals surface area contributed by atoms with Crippen LogP contribution >= 0.6 is 0 Å². The van der Waals surface area contributed by atoms with Crippen molar-refractivity contribution in [2.24, 2.45) is 0 Å². The average molecular weight is 372 g/mol. The number of hydrogen-bond donors (Lipinski definition) is 1. The summed E-state index contributed by atoms with van der Waals surface area (Å²) in [6.45, 7) is 5.41. The Morgan fingerprint density at radius 2 is 2.04 bits per heavy atom. The molecule has 1 aliphatic rings. The van der Waals surface area contributed by atoms with E-state index < -0.39 is 11.7 Å². The van der Waals surface area contributed by atoms with Crippen molar-refractivity contribution in [1.29, 1.82) is 0 Å². The van der Waals surface area contributed by atoms with Crippen LogP contribution in [0, 0.1) is 5.82 Å². The molecule has 0 spiro atoms. The number of anilines is 2. The van der Waals surface area contributed by atoms with Gasteiger partial charge in [-0.05, 0) is 56.7 Å². The summed E-state index contributed by atoms with van der Waals surface area (Å²) in [5.41, 5.74) is 0.997. The van der Waals surface area contributed by atoms with E-state index >= 15 is 0 Å². The molecule has 1 N–H and O–H groups in total. The SMILES string of the molecule is CC(C)(C)OC(=O)Nc1ccc2c(c1)N(Cc1cccc(F)c1)C(=O)CO2. The van der Waals surface area contributed by atoms with Gasteiger partial charge >= 0.3 is 6.09 Å². The fourth-order valence-electron chi connectivity index (χ4n) is 2.69. The first kappa shape index (κ1) is 18.7. The molecule has 2 aromatic rings. The molecule has 0 radical (unpaired) electrons. The van der Waals surface area contributed by atoms with Gasteiger partial charge in [-0.25, -0.2) is 9.18 Å². The van der Waals surface area contributed by atoms with Gasteiger partial charge in [-0.2, -0.15) is 0 Å². The first-order chi connectivity index (χ1) is 12.7. The van der Waals surface area contributed by atoms with Crippen LogP contribution < -0.4 is 15.0 Å². The minimum atomic E-state index is -0.624.